The van der Waals surface area contributed by atoms with Gasteiger partial charge < -0.3 is 14.7 Å². The van der Waals surface area contributed by atoms with E-state index in [1.807, 2.05) is 6.07 Å². The van der Waals surface area contributed by atoms with Gasteiger partial charge in [-0.2, -0.15) is 0 Å². The highest BCUT2D eigenvalue weighted by atomic mass is 32.2. The summed E-state index contributed by atoms with van der Waals surface area (Å²) < 4.78 is 31.2. The summed E-state index contributed by atoms with van der Waals surface area (Å²) in [7, 11) is -3.29. The van der Waals surface area contributed by atoms with Gasteiger partial charge in [-0.1, -0.05) is 12.1 Å². The van der Waals surface area contributed by atoms with Crippen molar-refractivity contribution < 1.29 is 27.9 Å². The Morgan fingerprint density at radius 3 is 2.60 bits per heavy atom. The summed E-state index contributed by atoms with van der Waals surface area (Å²) in [5.74, 6) is -1.63. The van der Waals surface area contributed by atoms with Gasteiger partial charge in [0.2, 0.25) is 10.0 Å². The van der Waals surface area contributed by atoms with Crippen molar-refractivity contribution in [2.75, 3.05) is 29.7 Å². The Morgan fingerprint density at radius 2 is 2.00 bits per heavy atom. The molecule has 0 radical (unpaired) electrons. The number of sulfonamides is 1. The number of hydrogen-bond donors (Lipinski definition) is 1. The number of carbonyl (C=O) groups excluding carboxylic acids is 1. The van der Waals surface area contributed by atoms with Crippen LogP contribution in [0, 0.1) is 11.8 Å². The van der Waals surface area contributed by atoms with Crippen LogP contribution in [0.15, 0.2) is 24.3 Å². The lowest BCUT2D eigenvalue weighted by Gasteiger charge is -2.25. The average Bonchev–Trinajstić information content (AvgIpc) is 3.24. The minimum Gasteiger partial charge on any atom is -0.481 e. The molecule has 2 fully saturated rings. The smallest absolute Gasteiger partial charge is 0.410 e. The van der Waals surface area contributed by atoms with Crippen LogP contribution in [0.3, 0.4) is 0 Å². The fourth-order valence-electron chi connectivity index (χ4n) is 4.09. The molecule has 0 aliphatic carbocycles. The van der Waals surface area contributed by atoms with Crippen molar-refractivity contribution in [2.24, 2.45) is 11.8 Å². The minimum absolute atomic E-state index is 0.136. The Hall–Kier alpha value is -2.29. The van der Waals surface area contributed by atoms with E-state index in [1.54, 1.807) is 43.9 Å². The van der Waals surface area contributed by atoms with Crippen molar-refractivity contribution >= 4 is 27.8 Å². The van der Waals surface area contributed by atoms with Crippen LogP contribution in [0.1, 0.15) is 39.2 Å². The van der Waals surface area contributed by atoms with E-state index in [0.29, 0.717) is 38.2 Å². The van der Waals surface area contributed by atoms with E-state index >= 15 is 0 Å². The number of ether oxygens (including phenoxy) is 1. The highest BCUT2D eigenvalue weighted by Crippen LogP contribution is 2.31. The fraction of sp³-hybridized carbons (Fsp3) is 0.619. The Labute approximate surface area is 177 Å². The molecule has 2 atom stereocenters. The Balaban J connectivity index is 1.71. The van der Waals surface area contributed by atoms with Crippen molar-refractivity contribution in [2.45, 2.75) is 45.6 Å². The molecule has 1 aromatic rings. The standard InChI is InChI=1S/C21H30N2O6S/c1-21(2,3)29-20(26)22-10-8-16(14-22)18(19(24)25)13-15-6-4-7-17(12-15)23-9-5-11-30(23,27)28/h4,6-7,12,16,18H,5,8-11,13-14H2,1-3H3,(H,24,25)/t16-,18?/m0/s1. The number of rotatable bonds is 5. The maximum Gasteiger partial charge on any atom is 0.410 e. The van der Waals surface area contributed by atoms with E-state index in [4.69, 9.17) is 4.74 Å². The third-order valence-electron chi connectivity index (χ3n) is 5.52. The summed E-state index contributed by atoms with van der Waals surface area (Å²) >= 11 is 0. The predicted octanol–water partition coefficient (Wildman–Crippen LogP) is 2.73. The van der Waals surface area contributed by atoms with Gasteiger partial charge in [0.25, 0.3) is 0 Å². The zero-order valence-electron chi connectivity index (χ0n) is 17.7. The molecular weight excluding hydrogens is 408 g/mol. The monoisotopic (exact) mass is 438 g/mol. The van der Waals surface area contributed by atoms with Crippen molar-refractivity contribution in [3.8, 4) is 0 Å². The van der Waals surface area contributed by atoms with Crippen LogP contribution in [-0.2, 0) is 26.0 Å². The first-order chi connectivity index (χ1) is 14.0. The molecule has 0 spiro atoms. The third-order valence-corrected chi connectivity index (χ3v) is 7.39. The van der Waals surface area contributed by atoms with E-state index in [2.05, 4.69) is 0 Å². The number of likely N-dealkylation sites (tertiary alicyclic amines) is 1. The second-order valence-electron chi connectivity index (χ2n) is 9.04. The lowest BCUT2D eigenvalue weighted by molar-refractivity contribution is -0.143. The van der Waals surface area contributed by atoms with Crippen LogP contribution in [-0.4, -0.2) is 61.5 Å². The molecule has 2 saturated heterocycles. The summed E-state index contributed by atoms with van der Waals surface area (Å²) in [4.78, 5) is 25.9. The van der Waals surface area contributed by atoms with Crippen LogP contribution < -0.4 is 4.31 Å². The Morgan fingerprint density at radius 1 is 1.27 bits per heavy atom. The van der Waals surface area contributed by atoms with E-state index in [-0.39, 0.29) is 18.1 Å². The Bertz CT molecular complexity index is 908. The molecule has 9 heteroatoms. The summed E-state index contributed by atoms with van der Waals surface area (Å²) in [5, 5.41) is 9.83. The maximum atomic E-state index is 12.3. The van der Waals surface area contributed by atoms with Crippen molar-refractivity contribution in [1.82, 2.24) is 4.90 Å². The molecule has 1 amide bonds. The van der Waals surface area contributed by atoms with Gasteiger partial charge >= 0.3 is 12.1 Å². The summed E-state index contributed by atoms with van der Waals surface area (Å²) in [5.41, 5.74) is 0.756. The average molecular weight is 439 g/mol. The summed E-state index contributed by atoms with van der Waals surface area (Å²) in [6.45, 7) is 6.65. The second kappa shape index (κ2) is 8.45. The minimum atomic E-state index is -3.29. The molecule has 2 aliphatic rings. The number of benzene rings is 1. The van der Waals surface area contributed by atoms with E-state index < -0.39 is 33.6 Å². The maximum absolute atomic E-state index is 12.3. The number of carboxylic acids is 1. The lowest BCUT2D eigenvalue weighted by Crippen LogP contribution is -2.36. The molecule has 0 bridgehead atoms. The molecule has 30 heavy (non-hydrogen) atoms. The van der Waals surface area contributed by atoms with E-state index in [9.17, 15) is 23.1 Å². The van der Waals surface area contributed by atoms with Crippen LogP contribution in [0.5, 0.6) is 0 Å². The zero-order valence-corrected chi connectivity index (χ0v) is 18.5. The van der Waals surface area contributed by atoms with Crippen molar-refractivity contribution in [3.63, 3.8) is 0 Å². The quantitative estimate of drug-likeness (QED) is 0.758. The molecule has 0 aromatic heterocycles. The number of hydrogen-bond acceptors (Lipinski definition) is 5. The number of nitrogens with zero attached hydrogens (tertiary/aromatic N) is 2. The van der Waals surface area contributed by atoms with Gasteiger partial charge in [0, 0.05) is 19.6 Å². The first kappa shape index (κ1) is 22.4. The van der Waals surface area contributed by atoms with Crippen molar-refractivity contribution in [1.29, 1.82) is 0 Å². The number of aliphatic carboxylic acids is 1. The SMILES string of the molecule is CC(C)(C)OC(=O)N1CC[C@H](C(Cc2cccc(N3CCCS3(=O)=O)c2)C(=O)O)C1. The number of amides is 1. The number of anilines is 1. The van der Waals surface area contributed by atoms with Gasteiger partial charge in [-0.05, 0) is 63.6 Å². The van der Waals surface area contributed by atoms with Crippen LogP contribution in [0.2, 0.25) is 0 Å². The fourth-order valence-corrected chi connectivity index (χ4v) is 5.64. The highest BCUT2D eigenvalue weighted by Gasteiger charge is 2.37. The second-order valence-corrected chi connectivity index (χ2v) is 11.0. The molecule has 8 nitrogen and oxygen atoms in total. The third kappa shape index (κ3) is 5.24. The number of carbonyl (C=O) groups is 2. The normalized spacial score (nSPS) is 22.2. The van der Waals surface area contributed by atoms with E-state index in [0.717, 1.165) is 5.56 Å². The summed E-state index contributed by atoms with van der Waals surface area (Å²) in [6.07, 6.45) is 1.04. The number of carboxylic acid groups (broad SMARTS) is 1. The molecule has 0 saturated carbocycles. The molecular formula is C21H30N2O6S. The Kier molecular flexibility index (Phi) is 6.31. The first-order valence-electron chi connectivity index (χ1n) is 10.3. The van der Waals surface area contributed by atoms with Crippen LogP contribution in [0.4, 0.5) is 10.5 Å². The van der Waals surface area contributed by atoms with Gasteiger partial charge in [0.05, 0.1) is 17.4 Å². The largest absolute Gasteiger partial charge is 0.481 e. The van der Waals surface area contributed by atoms with Gasteiger partial charge in [0.15, 0.2) is 0 Å². The van der Waals surface area contributed by atoms with Gasteiger partial charge in [-0.3, -0.25) is 9.10 Å². The molecule has 2 heterocycles. The highest BCUT2D eigenvalue weighted by molar-refractivity contribution is 7.93. The van der Waals surface area contributed by atoms with Gasteiger partial charge in [-0.25, -0.2) is 13.2 Å². The van der Waals surface area contributed by atoms with Gasteiger partial charge in [-0.15, -0.1) is 0 Å². The molecule has 3 rings (SSSR count). The van der Waals surface area contributed by atoms with Crippen LogP contribution in [0.25, 0.3) is 0 Å². The zero-order chi connectivity index (χ0) is 22.1. The predicted molar refractivity (Wildman–Crippen MR) is 113 cm³/mol. The lowest BCUT2D eigenvalue weighted by atomic mass is 9.86. The van der Waals surface area contributed by atoms with Crippen LogP contribution >= 0.6 is 0 Å². The topological polar surface area (TPSA) is 104 Å². The first-order valence-corrected chi connectivity index (χ1v) is 11.9. The van der Waals surface area contributed by atoms with Gasteiger partial charge in [0.1, 0.15) is 5.60 Å². The summed E-state index contributed by atoms with van der Waals surface area (Å²) in [6, 6.07) is 7.09. The molecule has 1 unspecified atom stereocenters. The molecule has 1 aromatic carbocycles. The molecule has 2 aliphatic heterocycles. The molecule has 1 N–H and O–H groups in total. The molecule has 166 valence electrons. The van der Waals surface area contributed by atoms with E-state index in [1.165, 1.54) is 4.31 Å². The van der Waals surface area contributed by atoms with Crippen molar-refractivity contribution in [3.05, 3.63) is 29.8 Å².